The molecule has 0 aromatic heterocycles. The van der Waals surface area contributed by atoms with E-state index in [1.54, 1.807) is 13.8 Å². The molecule has 2 aliphatic rings. The van der Waals surface area contributed by atoms with Gasteiger partial charge in [0.1, 0.15) is 11.4 Å². The Morgan fingerprint density at radius 3 is 2.50 bits per heavy atom. The van der Waals surface area contributed by atoms with Gasteiger partial charge >= 0.3 is 35.7 Å². The van der Waals surface area contributed by atoms with Gasteiger partial charge in [0.15, 0.2) is 0 Å². The van der Waals surface area contributed by atoms with Gasteiger partial charge in [-0.05, 0) is 55.3 Å². The monoisotopic (exact) mass is 425 g/mol. The van der Waals surface area contributed by atoms with Gasteiger partial charge in [0.05, 0.1) is 5.56 Å². The number of aliphatic carboxylic acids is 1. The third-order valence-corrected chi connectivity index (χ3v) is 5.20. The van der Waals surface area contributed by atoms with Crippen LogP contribution in [-0.2, 0) is 11.0 Å². The molecule has 0 amide bonds. The van der Waals surface area contributed by atoms with Crippen molar-refractivity contribution in [3.63, 3.8) is 0 Å². The number of ether oxygens (including phenoxy) is 1. The summed E-state index contributed by atoms with van der Waals surface area (Å²) in [4.78, 5) is 12.9. The molecule has 0 N–H and O–H groups in total. The maximum atomic E-state index is 13.1. The average molecular weight is 425 g/mol. The third-order valence-electron chi connectivity index (χ3n) is 5.20. The molecule has 1 fully saturated rings. The Balaban J connectivity index is 0.00000256. The van der Waals surface area contributed by atoms with Crippen LogP contribution in [0.15, 0.2) is 48.5 Å². The molecule has 30 heavy (non-hydrogen) atoms. The molecular weight excluding hydrogens is 406 g/mol. The first-order chi connectivity index (χ1) is 13.5. The summed E-state index contributed by atoms with van der Waals surface area (Å²) < 4.78 is 45.2. The van der Waals surface area contributed by atoms with Crippen LogP contribution in [0.25, 0.3) is 5.57 Å². The minimum atomic E-state index is -4.45. The first-order valence-corrected chi connectivity index (χ1v) is 9.23. The molecule has 2 aliphatic heterocycles. The number of nitrogens with zero attached hydrogens (tertiary/aromatic N) is 1. The standard InChI is InChI=1S/C22H20F3NO3.Na/c1-21(2)10-18(17-7-6-15(22(23,24)25)9-19(17)29-21)13-4-3-5-16(8-13)26-11-14(12-26)20(27)28;/h3-10,14H,11-12H2,1-2H3,(H,27,28);/q;+1/p-1. The number of anilines is 1. The van der Waals surface area contributed by atoms with Crippen LogP contribution < -0.4 is 44.3 Å². The van der Waals surface area contributed by atoms with Crippen molar-refractivity contribution in [1.82, 2.24) is 0 Å². The molecule has 0 aliphatic carbocycles. The second kappa shape index (κ2) is 7.94. The number of hydrogen-bond acceptors (Lipinski definition) is 4. The van der Waals surface area contributed by atoms with Crippen molar-refractivity contribution in [3.8, 4) is 5.75 Å². The maximum Gasteiger partial charge on any atom is 1.00 e. The molecule has 8 heteroatoms. The smallest absolute Gasteiger partial charge is 0.550 e. The number of carboxylic acid groups (broad SMARTS) is 1. The Hall–Kier alpha value is -1.96. The normalized spacial score (nSPS) is 17.8. The minimum Gasteiger partial charge on any atom is -0.550 e. The molecule has 4 rings (SSSR count). The van der Waals surface area contributed by atoms with Gasteiger partial charge in [-0.1, -0.05) is 18.2 Å². The van der Waals surface area contributed by atoms with Gasteiger partial charge < -0.3 is 19.5 Å². The van der Waals surface area contributed by atoms with Crippen molar-refractivity contribution in [2.45, 2.75) is 25.6 Å². The van der Waals surface area contributed by atoms with E-state index in [4.69, 9.17) is 4.74 Å². The topological polar surface area (TPSA) is 52.6 Å². The zero-order valence-corrected chi connectivity index (χ0v) is 18.9. The van der Waals surface area contributed by atoms with Crippen molar-refractivity contribution < 1.29 is 57.4 Å². The van der Waals surface area contributed by atoms with Gasteiger partial charge in [0.25, 0.3) is 0 Å². The Morgan fingerprint density at radius 1 is 1.17 bits per heavy atom. The number of benzene rings is 2. The number of fused-ring (bicyclic) bond motifs is 1. The number of alkyl halides is 3. The number of rotatable bonds is 3. The summed E-state index contributed by atoms with van der Waals surface area (Å²) >= 11 is 0. The van der Waals surface area contributed by atoms with Gasteiger partial charge in [0, 0.05) is 36.2 Å². The van der Waals surface area contributed by atoms with Crippen LogP contribution in [0.2, 0.25) is 0 Å². The van der Waals surface area contributed by atoms with E-state index in [0.717, 1.165) is 29.0 Å². The summed E-state index contributed by atoms with van der Waals surface area (Å²) in [6.45, 7) is 4.34. The predicted molar refractivity (Wildman–Crippen MR) is 100 cm³/mol. The molecule has 1 saturated heterocycles. The molecule has 0 radical (unpaired) electrons. The van der Waals surface area contributed by atoms with Crippen LogP contribution in [-0.4, -0.2) is 24.7 Å². The zero-order valence-electron chi connectivity index (χ0n) is 16.9. The second-order valence-electron chi connectivity index (χ2n) is 7.94. The Labute approximate surface area is 194 Å². The summed E-state index contributed by atoms with van der Waals surface area (Å²) in [7, 11) is 0. The van der Waals surface area contributed by atoms with Crippen LogP contribution in [0.1, 0.15) is 30.5 Å². The Kier molecular flexibility index (Phi) is 6.02. The van der Waals surface area contributed by atoms with E-state index in [2.05, 4.69) is 0 Å². The Morgan fingerprint density at radius 2 is 1.87 bits per heavy atom. The predicted octanol–water partition coefficient (Wildman–Crippen LogP) is 0.498. The minimum absolute atomic E-state index is 0. The molecule has 0 spiro atoms. The SMILES string of the molecule is CC1(C)C=C(c2cccc(N3CC(C(=O)[O-])C3)c2)c2ccc(C(F)(F)F)cc2O1.[Na+]. The van der Waals surface area contributed by atoms with Crippen LogP contribution in [0.5, 0.6) is 5.75 Å². The molecule has 2 aromatic rings. The number of carboxylic acids is 1. The van der Waals surface area contributed by atoms with E-state index >= 15 is 0 Å². The van der Waals surface area contributed by atoms with Gasteiger partial charge in [-0.25, -0.2) is 0 Å². The van der Waals surface area contributed by atoms with E-state index < -0.39 is 29.2 Å². The van der Waals surface area contributed by atoms with Gasteiger partial charge in [-0.15, -0.1) is 0 Å². The number of carbonyl (C=O) groups excluding carboxylic acids is 1. The van der Waals surface area contributed by atoms with Crippen LogP contribution in [0, 0.1) is 5.92 Å². The van der Waals surface area contributed by atoms with Crippen molar-refractivity contribution in [2.24, 2.45) is 5.92 Å². The van der Waals surface area contributed by atoms with E-state index in [9.17, 15) is 23.1 Å². The number of hydrogen-bond donors (Lipinski definition) is 0. The van der Waals surface area contributed by atoms with Crippen molar-refractivity contribution >= 4 is 17.2 Å². The molecule has 2 heterocycles. The molecule has 2 aromatic carbocycles. The van der Waals surface area contributed by atoms with E-state index in [1.165, 1.54) is 6.07 Å². The molecule has 0 saturated carbocycles. The zero-order chi connectivity index (χ0) is 21.0. The summed E-state index contributed by atoms with van der Waals surface area (Å²) in [6.07, 6.45) is -2.56. The van der Waals surface area contributed by atoms with Gasteiger partial charge in [-0.3, -0.25) is 0 Å². The van der Waals surface area contributed by atoms with Crippen molar-refractivity contribution in [2.75, 3.05) is 18.0 Å². The van der Waals surface area contributed by atoms with Crippen LogP contribution >= 0.6 is 0 Å². The summed E-state index contributed by atoms with van der Waals surface area (Å²) in [5.74, 6) is -1.35. The van der Waals surface area contributed by atoms with E-state index in [1.807, 2.05) is 35.2 Å². The first-order valence-electron chi connectivity index (χ1n) is 9.23. The quantitative estimate of drug-likeness (QED) is 0.673. The molecule has 152 valence electrons. The maximum absolute atomic E-state index is 13.1. The molecule has 4 nitrogen and oxygen atoms in total. The molecule has 0 atom stereocenters. The van der Waals surface area contributed by atoms with Crippen molar-refractivity contribution in [1.29, 1.82) is 0 Å². The fraction of sp³-hybridized carbons (Fsp3) is 0.318. The number of carbonyl (C=O) groups is 1. The fourth-order valence-electron chi connectivity index (χ4n) is 3.69. The van der Waals surface area contributed by atoms with Crippen LogP contribution in [0.4, 0.5) is 18.9 Å². The average Bonchev–Trinajstić information content (AvgIpc) is 2.57. The van der Waals surface area contributed by atoms with Crippen molar-refractivity contribution in [3.05, 3.63) is 65.2 Å². The summed E-state index contributed by atoms with van der Waals surface area (Å²) in [6, 6.07) is 11.1. The van der Waals surface area contributed by atoms with Crippen LogP contribution in [0.3, 0.4) is 0 Å². The van der Waals surface area contributed by atoms with Gasteiger partial charge in [-0.2, -0.15) is 13.2 Å². The largest absolute Gasteiger partial charge is 1.00 e. The van der Waals surface area contributed by atoms with E-state index in [-0.39, 0.29) is 35.3 Å². The molecule has 0 unspecified atom stereocenters. The summed E-state index contributed by atoms with van der Waals surface area (Å²) in [5.41, 5.74) is 1.53. The first kappa shape index (κ1) is 22.7. The fourth-order valence-corrected chi connectivity index (χ4v) is 3.69. The molecule has 0 bridgehead atoms. The Bertz CT molecular complexity index is 1010. The summed E-state index contributed by atoms with van der Waals surface area (Å²) in [5, 5.41) is 10.9. The van der Waals surface area contributed by atoms with E-state index in [0.29, 0.717) is 18.7 Å². The third kappa shape index (κ3) is 4.38. The molecular formula is C22H19F3NNaO3. The van der Waals surface area contributed by atoms with Gasteiger partial charge in [0.2, 0.25) is 0 Å². The number of halogens is 3. The second-order valence-corrected chi connectivity index (χ2v) is 7.94.